The standard InChI is InChI=1S/C16H29N5/c1-14(2)12-17-13-15-6-7-16(19-18-15)20(3)10-11-21-8-4-5-9-21/h6-7,14,17H,4-5,8-13H2,1-3H3. The van der Waals surface area contributed by atoms with Crippen LogP contribution in [0.1, 0.15) is 32.4 Å². The van der Waals surface area contributed by atoms with E-state index in [-0.39, 0.29) is 0 Å². The van der Waals surface area contributed by atoms with Crippen molar-refractivity contribution >= 4 is 5.82 Å². The maximum Gasteiger partial charge on any atom is 0.151 e. The van der Waals surface area contributed by atoms with E-state index in [4.69, 9.17) is 0 Å². The van der Waals surface area contributed by atoms with E-state index in [9.17, 15) is 0 Å². The average Bonchev–Trinajstić information content (AvgIpc) is 2.98. The molecule has 0 saturated carbocycles. The molecule has 1 N–H and O–H groups in total. The Morgan fingerprint density at radius 3 is 2.62 bits per heavy atom. The van der Waals surface area contributed by atoms with Gasteiger partial charge >= 0.3 is 0 Å². The number of nitrogens with zero attached hydrogens (tertiary/aromatic N) is 4. The molecular weight excluding hydrogens is 262 g/mol. The fourth-order valence-corrected chi connectivity index (χ4v) is 2.55. The first-order valence-electron chi connectivity index (χ1n) is 8.12. The highest BCUT2D eigenvalue weighted by Crippen LogP contribution is 2.10. The molecule has 118 valence electrons. The van der Waals surface area contributed by atoms with Crippen LogP contribution in [0.3, 0.4) is 0 Å². The SMILES string of the molecule is CC(C)CNCc1ccc(N(C)CCN2CCCC2)nn1. The van der Waals surface area contributed by atoms with Crippen LogP contribution >= 0.6 is 0 Å². The topological polar surface area (TPSA) is 44.3 Å². The molecule has 0 radical (unpaired) electrons. The molecule has 1 aliphatic rings. The van der Waals surface area contributed by atoms with Gasteiger partial charge in [-0.05, 0) is 50.5 Å². The minimum atomic E-state index is 0.661. The summed E-state index contributed by atoms with van der Waals surface area (Å²) >= 11 is 0. The zero-order chi connectivity index (χ0) is 15.1. The van der Waals surface area contributed by atoms with Crippen molar-refractivity contribution in [3.05, 3.63) is 17.8 Å². The van der Waals surface area contributed by atoms with Crippen molar-refractivity contribution < 1.29 is 0 Å². The van der Waals surface area contributed by atoms with Gasteiger partial charge in [0.15, 0.2) is 5.82 Å². The number of likely N-dealkylation sites (N-methyl/N-ethyl adjacent to an activating group) is 1. The summed E-state index contributed by atoms with van der Waals surface area (Å²) in [5.74, 6) is 1.62. The average molecular weight is 291 g/mol. The van der Waals surface area contributed by atoms with E-state index in [2.05, 4.69) is 58.3 Å². The molecule has 1 saturated heterocycles. The van der Waals surface area contributed by atoms with E-state index in [1.165, 1.54) is 25.9 Å². The highest BCUT2D eigenvalue weighted by Gasteiger charge is 2.12. The van der Waals surface area contributed by atoms with Gasteiger partial charge in [-0.2, -0.15) is 5.10 Å². The molecule has 1 aromatic heterocycles. The zero-order valence-electron chi connectivity index (χ0n) is 13.7. The third kappa shape index (κ3) is 5.59. The van der Waals surface area contributed by atoms with Crippen LogP contribution in [0.4, 0.5) is 5.82 Å². The van der Waals surface area contributed by atoms with Gasteiger partial charge in [0, 0.05) is 26.7 Å². The molecule has 2 rings (SSSR count). The molecule has 0 atom stereocenters. The summed E-state index contributed by atoms with van der Waals surface area (Å²) in [4.78, 5) is 4.71. The van der Waals surface area contributed by atoms with E-state index in [1.54, 1.807) is 0 Å². The van der Waals surface area contributed by atoms with Crippen LogP contribution in [-0.2, 0) is 6.54 Å². The first-order valence-corrected chi connectivity index (χ1v) is 8.12. The normalized spacial score (nSPS) is 15.8. The van der Waals surface area contributed by atoms with Gasteiger partial charge < -0.3 is 15.1 Å². The summed E-state index contributed by atoms with van der Waals surface area (Å²) in [5.41, 5.74) is 1.01. The van der Waals surface area contributed by atoms with Gasteiger partial charge in [-0.3, -0.25) is 0 Å². The number of aromatic nitrogens is 2. The molecule has 0 aromatic carbocycles. The summed E-state index contributed by atoms with van der Waals surface area (Å²) in [6.07, 6.45) is 2.70. The minimum Gasteiger partial charge on any atom is -0.357 e. The maximum absolute atomic E-state index is 4.34. The Balaban J connectivity index is 1.74. The summed E-state index contributed by atoms with van der Waals surface area (Å²) in [6, 6.07) is 4.14. The largest absolute Gasteiger partial charge is 0.357 e. The van der Waals surface area contributed by atoms with Crippen LogP contribution < -0.4 is 10.2 Å². The van der Waals surface area contributed by atoms with E-state index in [1.807, 2.05) is 0 Å². The maximum atomic E-state index is 4.34. The van der Waals surface area contributed by atoms with Crippen molar-refractivity contribution in [3.63, 3.8) is 0 Å². The van der Waals surface area contributed by atoms with Gasteiger partial charge in [0.2, 0.25) is 0 Å². The van der Waals surface area contributed by atoms with Gasteiger partial charge in [0.05, 0.1) is 5.69 Å². The molecule has 0 amide bonds. The molecule has 1 fully saturated rings. The number of nitrogens with one attached hydrogen (secondary N) is 1. The Morgan fingerprint density at radius 1 is 1.24 bits per heavy atom. The van der Waals surface area contributed by atoms with E-state index >= 15 is 0 Å². The molecule has 1 aliphatic heterocycles. The second-order valence-electron chi connectivity index (χ2n) is 6.38. The molecule has 2 heterocycles. The molecule has 0 spiro atoms. The highest BCUT2D eigenvalue weighted by molar-refractivity contribution is 5.36. The van der Waals surface area contributed by atoms with Crippen LogP contribution in [0.15, 0.2) is 12.1 Å². The molecule has 1 aromatic rings. The van der Waals surface area contributed by atoms with Crippen LogP contribution in [-0.4, -0.2) is 54.9 Å². The predicted molar refractivity (Wildman–Crippen MR) is 87.5 cm³/mol. The fourth-order valence-electron chi connectivity index (χ4n) is 2.55. The lowest BCUT2D eigenvalue weighted by Gasteiger charge is -2.21. The Kier molecular flexibility index (Phi) is 6.39. The molecule has 0 unspecified atom stereocenters. The van der Waals surface area contributed by atoms with E-state index < -0.39 is 0 Å². The fraction of sp³-hybridized carbons (Fsp3) is 0.750. The Hall–Kier alpha value is -1.20. The highest BCUT2D eigenvalue weighted by atomic mass is 15.3. The molecule has 0 aliphatic carbocycles. The third-order valence-corrected chi connectivity index (χ3v) is 3.91. The number of hydrogen-bond acceptors (Lipinski definition) is 5. The second kappa shape index (κ2) is 8.29. The zero-order valence-corrected chi connectivity index (χ0v) is 13.7. The quantitative estimate of drug-likeness (QED) is 0.790. The van der Waals surface area contributed by atoms with E-state index in [0.717, 1.165) is 37.7 Å². The van der Waals surface area contributed by atoms with Gasteiger partial charge in [0.25, 0.3) is 0 Å². The minimum absolute atomic E-state index is 0.661. The van der Waals surface area contributed by atoms with Gasteiger partial charge in [-0.15, -0.1) is 5.10 Å². The number of anilines is 1. The second-order valence-corrected chi connectivity index (χ2v) is 6.38. The van der Waals surface area contributed by atoms with Crippen LogP contribution in [0.25, 0.3) is 0 Å². The van der Waals surface area contributed by atoms with Gasteiger partial charge in [-0.25, -0.2) is 0 Å². The first kappa shape index (κ1) is 16.2. The van der Waals surface area contributed by atoms with Gasteiger partial charge in [0.1, 0.15) is 0 Å². The Morgan fingerprint density at radius 2 is 2.00 bits per heavy atom. The number of hydrogen-bond donors (Lipinski definition) is 1. The first-order chi connectivity index (χ1) is 10.1. The van der Waals surface area contributed by atoms with Gasteiger partial charge in [-0.1, -0.05) is 13.8 Å². The van der Waals surface area contributed by atoms with Crippen molar-refractivity contribution in [3.8, 4) is 0 Å². The lowest BCUT2D eigenvalue weighted by Crippen LogP contribution is -2.32. The van der Waals surface area contributed by atoms with Crippen LogP contribution in [0.5, 0.6) is 0 Å². The van der Waals surface area contributed by atoms with Crippen LogP contribution in [0.2, 0.25) is 0 Å². The van der Waals surface area contributed by atoms with Crippen molar-refractivity contribution in [2.24, 2.45) is 5.92 Å². The smallest absolute Gasteiger partial charge is 0.151 e. The Labute approximate surface area is 128 Å². The monoisotopic (exact) mass is 291 g/mol. The number of likely N-dealkylation sites (tertiary alicyclic amines) is 1. The third-order valence-electron chi connectivity index (χ3n) is 3.91. The molecule has 5 heteroatoms. The van der Waals surface area contributed by atoms with Crippen molar-refractivity contribution in [1.82, 2.24) is 20.4 Å². The van der Waals surface area contributed by atoms with Crippen molar-refractivity contribution in [2.75, 3.05) is 44.7 Å². The molecular formula is C16H29N5. The summed E-state index contributed by atoms with van der Waals surface area (Å²) in [5, 5.41) is 12.0. The number of rotatable bonds is 8. The van der Waals surface area contributed by atoms with Crippen LogP contribution in [0, 0.1) is 5.92 Å². The predicted octanol–water partition coefficient (Wildman–Crippen LogP) is 1.75. The van der Waals surface area contributed by atoms with E-state index in [0.29, 0.717) is 5.92 Å². The molecule has 21 heavy (non-hydrogen) atoms. The Bertz CT molecular complexity index is 398. The lowest BCUT2D eigenvalue weighted by molar-refractivity contribution is 0.346. The molecule has 5 nitrogen and oxygen atoms in total. The summed E-state index contributed by atoms with van der Waals surface area (Å²) in [6.45, 7) is 10.9. The summed E-state index contributed by atoms with van der Waals surface area (Å²) in [7, 11) is 2.09. The van der Waals surface area contributed by atoms with Crippen molar-refractivity contribution in [2.45, 2.75) is 33.2 Å². The lowest BCUT2D eigenvalue weighted by atomic mass is 10.2. The summed E-state index contributed by atoms with van der Waals surface area (Å²) < 4.78 is 0. The molecule has 0 bridgehead atoms. The van der Waals surface area contributed by atoms with Crippen molar-refractivity contribution in [1.29, 1.82) is 0 Å².